The summed E-state index contributed by atoms with van der Waals surface area (Å²) in [6.45, 7) is 8.56. The molecule has 11 nitrogen and oxygen atoms in total. The number of nitrogens with zero attached hydrogens (tertiary/aromatic N) is 4. The maximum atomic E-state index is 11.2. The summed E-state index contributed by atoms with van der Waals surface area (Å²) in [7, 11) is 3.99. The minimum absolute atomic E-state index is 0.0171. The van der Waals surface area contributed by atoms with Crippen molar-refractivity contribution in [1.29, 1.82) is 0 Å². The van der Waals surface area contributed by atoms with Crippen molar-refractivity contribution in [3.8, 4) is 28.7 Å². The number of hydrogen-bond acceptors (Lipinski definition) is 11. The van der Waals surface area contributed by atoms with Crippen LogP contribution in [0.1, 0.15) is 42.6 Å². The van der Waals surface area contributed by atoms with E-state index in [4.69, 9.17) is 25.7 Å². The number of rotatable bonds is 4. The van der Waals surface area contributed by atoms with Gasteiger partial charge in [0.1, 0.15) is 36.2 Å². The number of carbonyl (C=O) groups excluding carboxylic acids is 1. The van der Waals surface area contributed by atoms with Gasteiger partial charge in [-0.1, -0.05) is 13.8 Å². The minimum Gasteiger partial charge on any atom is -0.507 e. The Balaban J connectivity index is 0.000000194. The van der Waals surface area contributed by atoms with Crippen LogP contribution in [-0.2, 0) is 0 Å². The second kappa shape index (κ2) is 10.9. The standard InChI is InChI=1S/C16H21N5O2.C11H13NO3/c1-9(2)10-6-11-13(22-5-4-21(11)3)7-12(10)23-14-8-19-16(18)20-15(14)17;1-7(13)8-5-9-11(6-10(8)14)15-4-3-12(9)2/h6-9H,4-5H2,1-3H3,(H4,17,18,19,20);5-6,14H,3-4H2,1-2H3. The molecule has 2 aromatic carbocycles. The lowest BCUT2D eigenvalue weighted by Gasteiger charge is -2.29. The molecule has 0 fully saturated rings. The molecule has 0 saturated heterocycles. The summed E-state index contributed by atoms with van der Waals surface area (Å²) in [5.74, 6) is 2.95. The van der Waals surface area contributed by atoms with Crippen molar-refractivity contribution >= 4 is 28.9 Å². The first kappa shape index (κ1) is 26.6. The van der Waals surface area contributed by atoms with Crippen molar-refractivity contribution in [2.75, 3.05) is 61.7 Å². The van der Waals surface area contributed by atoms with Gasteiger partial charge in [0.2, 0.25) is 5.95 Å². The Kier molecular flexibility index (Phi) is 7.65. The number of ether oxygens (including phenoxy) is 3. The fourth-order valence-electron chi connectivity index (χ4n) is 4.19. The summed E-state index contributed by atoms with van der Waals surface area (Å²) in [6, 6.07) is 7.17. The van der Waals surface area contributed by atoms with E-state index in [2.05, 4.69) is 41.8 Å². The molecule has 202 valence electrons. The van der Waals surface area contributed by atoms with Gasteiger partial charge >= 0.3 is 0 Å². The van der Waals surface area contributed by atoms with Gasteiger partial charge in [0.25, 0.3) is 0 Å². The smallest absolute Gasteiger partial charge is 0.222 e. The maximum Gasteiger partial charge on any atom is 0.222 e. The Morgan fingerprint density at radius 1 is 1.00 bits per heavy atom. The number of phenolic OH excluding ortho intramolecular Hbond substituents is 1. The number of phenols is 1. The van der Waals surface area contributed by atoms with E-state index < -0.39 is 0 Å². The van der Waals surface area contributed by atoms with Gasteiger partial charge < -0.3 is 40.6 Å². The lowest BCUT2D eigenvalue weighted by atomic mass is 10.00. The van der Waals surface area contributed by atoms with Crippen LogP contribution < -0.4 is 35.5 Å². The largest absolute Gasteiger partial charge is 0.507 e. The second-order valence-electron chi connectivity index (χ2n) is 9.53. The Hall–Kier alpha value is -4.41. The van der Waals surface area contributed by atoms with E-state index in [1.165, 1.54) is 19.2 Å². The highest BCUT2D eigenvalue weighted by Crippen LogP contribution is 2.42. The van der Waals surface area contributed by atoms with Crippen LogP contribution in [0, 0.1) is 0 Å². The molecule has 0 unspecified atom stereocenters. The van der Waals surface area contributed by atoms with Gasteiger partial charge in [-0.05, 0) is 30.5 Å². The molecule has 5 rings (SSSR count). The number of carbonyl (C=O) groups is 1. The molecule has 0 bridgehead atoms. The van der Waals surface area contributed by atoms with E-state index in [-0.39, 0.29) is 29.2 Å². The second-order valence-corrected chi connectivity index (χ2v) is 9.53. The van der Waals surface area contributed by atoms with E-state index in [0.717, 1.165) is 35.8 Å². The monoisotopic (exact) mass is 522 g/mol. The predicted molar refractivity (Wildman–Crippen MR) is 147 cm³/mol. The van der Waals surface area contributed by atoms with Crippen LogP contribution in [0.2, 0.25) is 0 Å². The summed E-state index contributed by atoms with van der Waals surface area (Å²) in [5, 5.41) is 9.60. The zero-order valence-corrected chi connectivity index (χ0v) is 22.3. The summed E-state index contributed by atoms with van der Waals surface area (Å²) < 4.78 is 17.1. The normalized spacial score (nSPS) is 13.9. The van der Waals surface area contributed by atoms with Gasteiger partial charge in [-0.15, -0.1) is 0 Å². The number of anilines is 4. The molecular weight excluding hydrogens is 488 g/mol. The third-order valence-corrected chi connectivity index (χ3v) is 6.38. The van der Waals surface area contributed by atoms with E-state index >= 15 is 0 Å². The molecule has 0 atom stereocenters. The zero-order chi connectivity index (χ0) is 27.6. The molecular formula is C27H34N6O5. The van der Waals surface area contributed by atoms with Gasteiger partial charge in [0.05, 0.1) is 36.2 Å². The Labute approximate surface area is 221 Å². The number of Topliss-reactive ketones (excluding diaryl/α,β-unsaturated/α-hetero) is 1. The zero-order valence-electron chi connectivity index (χ0n) is 22.3. The molecule has 0 saturated carbocycles. The molecule has 1 aromatic heterocycles. The molecule has 5 N–H and O–H groups in total. The summed E-state index contributed by atoms with van der Waals surface area (Å²) >= 11 is 0. The Bertz CT molecular complexity index is 1350. The highest BCUT2D eigenvalue weighted by molar-refractivity contribution is 5.98. The lowest BCUT2D eigenvalue weighted by Crippen LogP contribution is -2.29. The number of likely N-dealkylation sites (N-methyl/N-ethyl adjacent to an activating group) is 2. The summed E-state index contributed by atoms with van der Waals surface area (Å²) in [6.07, 6.45) is 1.48. The van der Waals surface area contributed by atoms with Crippen LogP contribution in [0.4, 0.5) is 23.1 Å². The van der Waals surface area contributed by atoms with E-state index in [1.807, 2.05) is 18.0 Å². The van der Waals surface area contributed by atoms with Crippen LogP contribution in [0.5, 0.6) is 28.7 Å². The van der Waals surface area contributed by atoms with Crippen molar-refractivity contribution in [1.82, 2.24) is 9.97 Å². The first-order valence-corrected chi connectivity index (χ1v) is 12.3. The number of fused-ring (bicyclic) bond motifs is 2. The average Bonchev–Trinajstić information content (AvgIpc) is 2.85. The fraction of sp³-hybridized carbons (Fsp3) is 0.370. The topological polar surface area (TPSA) is 149 Å². The average molecular weight is 523 g/mol. The third kappa shape index (κ3) is 5.61. The highest BCUT2D eigenvalue weighted by Gasteiger charge is 2.22. The molecule has 38 heavy (non-hydrogen) atoms. The Morgan fingerprint density at radius 3 is 2.18 bits per heavy atom. The van der Waals surface area contributed by atoms with Crippen LogP contribution in [0.15, 0.2) is 30.5 Å². The summed E-state index contributed by atoms with van der Waals surface area (Å²) in [4.78, 5) is 23.3. The number of aromatic nitrogens is 2. The van der Waals surface area contributed by atoms with Crippen LogP contribution in [0.3, 0.4) is 0 Å². The number of nitrogen functional groups attached to an aromatic ring is 2. The summed E-state index contributed by atoms with van der Waals surface area (Å²) in [5.41, 5.74) is 14.7. The number of nitrogens with two attached hydrogens (primary N) is 2. The number of ketones is 1. The predicted octanol–water partition coefficient (Wildman–Crippen LogP) is 3.81. The number of benzene rings is 2. The van der Waals surface area contributed by atoms with Gasteiger partial charge in [-0.2, -0.15) is 4.98 Å². The first-order valence-electron chi connectivity index (χ1n) is 12.3. The quantitative estimate of drug-likeness (QED) is 0.429. The first-order chi connectivity index (χ1) is 18.0. The third-order valence-electron chi connectivity index (χ3n) is 6.38. The number of aromatic hydroxyl groups is 1. The molecule has 3 aromatic rings. The highest BCUT2D eigenvalue weighted by atomic mass is 16.5. The van der Waals surface area contributed by atoms with Crippen molar-refractivity contribution in [3.63, 3.8) is 0 Å². The van der Waals surface area contributed by atoms with Crippen molar-refractivity contribution in [2.24, 2.45) is 0 Å². The van der Waals surface area contributed by atoms with Crippen molar-refractivity contribution in [2.45, 2.75) is 26.7 Å². The molecule has 0 radical (unpaired) electrons. The lowest BCUT2D eigenvalue weighted by molar-refractivity contribution is 0.101. The SMILES string of the molecule is CC(=O)c1cc2c(cc1O)OCCN2C.CC(C)c1cc2c(cc1Oc1cnc(N)nc1N)OCCN2C. The van der Waals surface area contributed by atoms with Gasteiger partial charge in [-0.3, -0.25) is 4.79 Å². The van der Waals surface area contributed by atoms with Crippen LogP contribution >= 0.6 is 0 Å². The van der Waals surface area contributed by atoms with Gasteiger partial charge in [0, 0.05) is 26.2 Å². The molecule has 2 aliphatic heterocycles. The van der Waals surface area contributed by atoms with E-state index in [0.29, 0.717) is 36.0 Å². The van der Waals surface area contributed by atoms with Crippen LogP contribution in [0.25, 0.3) is 0 Å². The van der Waals surface area contributed by atoms with E-state index in [9.17, 15) is 9.90 Å². The van der Waals surface area contributed by atoms with Gasteiger partial charge in [0.15, 0.2) is 17.4 Å². The van der Waals surface area contributed by atoms with Crippen molar-refractivity contribution in [3.05, 3.63) is 41.6 Å². The minimum atomic E-state index is -0.144. The molecule has 0 spiro atoms. The molecule has 2 aliphatic rings. The molecule has 11 heteroatoms. The maximum absolute atomic E-state index is 11.2. The Morgan fingerprint density at radius 2 is 1.61 bits per heavy atom. The van der Waals surface area contributed by atoms with Crippen molar-refractivity contribution < 1.29 is 24.1 Å². The molecule has 0 aliphatic carbocycles. The fourth-order valence-corrected chi connectivity index (χ4v) is 4.19. The molecule has 0 amide bonds. The van der Waals surface area contributed by atoms with Gasteiger partial charge in [-0.25, -0.2) is 4.98 Å². The molecule has 3 heterocycles. The number of hydrogen-bond donors (Lipinski definition) is 3. The van der Waals surface area contributed by atoms with Crippen LogP contribution in [-0.4, -0.2) is 61.3 Å². The van der Waals surface area contributed by atoms with E-state index in [1.54, 1.807) is 6.07 Å².